The van der Waals surface area contributed by atoms with Crippen molar-refractivity contribution in [3.8, 4) is 0 Å². The first-order valence-electron chi connectivity index (χ1n) is 7.79. The van der Waals surface area contributed by atoms with Gasteiger partial charge in [0.15, 0.2) is 0 Å². The van der Waals surface area contributed by atoms with Crippen LogP contribution in [-0.2, 0) is 12.1 Å². The maximum absolute atomic E-state index is 12.5. The third kappa shape index (κ3) is 3.32. The molecule has 6 nitrogen and oxygen atoms in total. The van der Waals surface area contributed by atoms with Crippen molar-refractivity contribution in [1.29, 1.82) is 0 Å². The highest BCUT2D eigenvalue weighted by Crippen LogP contribution is 2.26. The Bertz CT molecular complexity index is 726. The van der Waals surface area contributed by atoms with Gasteiger partial charge in [-0.15, -0.1) is 0 Å². The molecule has 0 radical (unpaired) electrons. The number of hydrogen-bond acceptors (Lipinski definition) is 4. The summed E-state index contributed by atoms with van der Waals surface area (Å²) in [6, 6.07) is 1.80. The van der Waals surface area contributed by atoms with Crippen LogP contribution in [-0.4, -0.2) is 27.3 Å². The molecule has 0 bridgehead atoms. The highest BCUT2D eigenvalue weighted by molar-refractivity contribution is 5.96. The Hall–Kier alpha value is -2.08. The van der Waals surface area contributed by atoms with E-state index in [1.807, 2.05) is 27.7 Å². The zero-order valence-corrected chi connectivity index (χ0v) is 14.6. The molecule has 2 aromatic rings. The van der Waals surface area contributed by atoms with Crippen LogP contribution in [0.5, 0.6) is 0 Å². The predicted octanol–water partition coefficient (Wildman–Crippen LogP) is 2.37. The van der Waals surface area contributed by atoms with Gasteiger partial charge in [-0.3, -0.25) is 9.48 Å². The van der Waals surface area contributed by atoms with E-state index in [-0.39, 0.29) is 12.5 Å². The van der Waals surface area contributed by atoms with Crippen molar-refractivity contribution in [2.45, 2.75) is 53.7 Å². The summed E-state index contributed by atoms with van der Waals surface area (Å²) in [6.07, 6.45) is 0. The van der Waals surface area contributed by atoms with Gasteiger partial charge in [-0.05, 0) is 47.6 Å². The number of furan rings is 1. The number of amides is 1. The van der Waals surface area contributed by atoms with Crippen LogP contribution in [0.1, 0.15) is 52.7 Å². The van der Waals surface area contributed by atoms with Gasteiger partial charge in [0.05, 0.1) is 17.8 Å². The molecule has 2 N–H and O–H groups in total. The lowest BCUT2D eigenvalue weighted by molar-refractivity contribution is 0.0513. The number of aliphatic hydroxyl groups is 1. The summed E-state index contributed by atoms with van der Waals surface area (Å²) in [4.78, 5) is 12.5. The lowest BCUT2D eigenvalue weighted by Gasteiger charge is -2.23. The zero-order chi connectivity index (χ0) is 17.4. The lowest BCUT2D eigenvalue weighted by atomic mass is 9.96. The van der Waals surface area contributed by atoms with Gasteiger partial charge in [0.2, 0.25) is 0 Å². The highest BCUT2D eigenvalue weighted by Gasteiger charge is 2.29. The first kappa shape index (κ1) is 17.3. The second-order valence-electron chi connectivity index (χ2n) is 6.15. The summed E-state index contributed by atoms with van der Waals surface area (Å²) in [7, 11) is 0. The molecule has 0 aliphatic rings. The van der Waals surface area contributed by atoms with E-state index in [2.05, 4.69) is 10.4 Å². The van der Waals surface area contributed by atoms with Gasteiger partial charge < -0.3 is 14.8 Å². The molecule has 0 aliphatic carbocycles. The van der Waals surface area contributed by atoms with Gasteiger partial charge in [0, 0.05) is 17.8 Å². The van der Waals surface area contributed by atoms with E-state index in [1.54, 1.807) is 24.6 Å². The first-order valence-corrected chi connectivity index (χ1v) is 7.79. The maximum Gasteiger partial charge on any atom is 0.255 e. The fourth-order valence-corrected chi connectivity index (χ4v) is 2.93. The summed E-state index contributed by atoms with van der Waals surface area (Å²) >= 11 is 0. The Morgan fingerprint density at radius 2 is 2.04 bits per heavy atom. The SMILES string of the molecule is CCn1nc(C)c(C(=O)NC[C@](C)(O)c2cc(C)oc2C)c1C. The second-order valence-corrected chi connectivity index (χ2v) is 6.15. The van der Waals surface area contributed by atoms with Crippen LogP contribution in [0.25, 0.3) is 0 Å². The fourth-order valence-electron chi connectivity index (χ4n) is 2.93. The van der Waals surface area contributed by atoms with Crippen molar-refractivity contribution in [3.05, 3.63) is 40.1 Å². The number of aromatic nitrogens is 2. The third-order valence-electron chi connectivity index (χ3n) is 4.12. The molecule has 23 heavy (non-hydrogen) atoms. The molecule has 0 saturated heterocycles. The fraction of sp³-hybridized carbons (Fsp3) is 0.529. The van der Waals surface area contributed by atoms with Crippen molar-refractivity contribution in [3.63, 3.8) is 0 Å². The van der Waals surface area contributed by atoms with E-state index < -0.39 is 5.60 Å². The Kier molecular flexibility index (Phi) is 4.66. The van der Waals surface area contributed by atoms with E-state index in [4.69, 9.17) is 4.42 Å². The molecule has 0 unspecified atom stereocenters. The number of carbonyl (C=O) groups is 1. The van der Waals surface area contributed by atoms with Crippen LogP contribution in [0.4, 0.5) is 0 Å². The van der Waals surface area contributed by atoms with Crippen molar-refractivity contribution >= 4 is 5.91 Å². The summed E-state index contributed by atoms with van der Waals surface area (Å²) in [5.41, 5.74) is 1.59. The quantitative estimate of drug-likeness (QED) is 0.886. The summed E-state index contributed by atoms with van der Waals surface area (Å²) in [5.74, 6) is 1.17. The van der Waals surface area contributed by atoms with Crippen LogP contribution >= 0.6 is 0 Å². The molecule has 0 saturated carbocycles. The molecule has 0 fully saturated rings. The predicted molar refractivity (Wildman–Crippen MR) is 87.5 cm³/mol. The number of carbonyl (C=O) groups excluding carboxylic acids is 1. The first-order chi connectivity index (χ1) is 10.7. The number of hydrogen-bond donors (Lipinski definition) is 2. The van der Waals surface area contributed by atoms with Crippen LogP contribution in [0.3, 0.4) is 0 Å². The minimum atomic E-state index is -1.19. The van der Waals surface area contributed by atoms with Gasteiger partial charge in [-0.1, -0.05) is 0 Å². The van der Waals surface area contributed by atoms with E-state index in [1.165, 1.54) is 0 Å². The highest BCUT2D eigenvalue weighted by atomic mass is 16.3. The smallest absolute Gasteiger partial charge is 0.255 e. The van der Waals surface area contributed by atoms with Crippen molar-refractivity contribution in [2.24, 2.45) is 0 Å². The molecule has 0 spiro atoms. The molecule has 1 amide bonds. The molecule has 1 atom stereocenters. The Labute approximate surface area is 136 Å². The monoisotopic (exact) mass is 319 g/mol. The van der Waals surface area contributed by atoms with Crippen LogP contribution in [0.15, 0.2) is 10.5 Å². The van der Waals surface area contributed by atoms with Crippen LogP contribution in [0, 0.1) is 27.7 Å². The molecular weight excluding hydrogens is 294 g/mol. The van der Waals surface area contributed by atoms with E-state index >= 15 is 0 Å². The van der Waals surface area contributed by atoms with E-state index in [0.717, 1.165) is 11.5 Å². The largest absolute Gasteiger partial charge is 0.466 e. The third-order valence-corrected chi connectivity index (χ3v) is 4.12. The van der Waals surface area contributed by atoms with Gasteiger partial charge in [-0.25, -0.2) is 0 Å². The van der Waals surface area contributed by atoms with Gasteiger partial charge in [-0.2, -0.15) is 5.10 Å². The van der Waals surface area contributed by atoms with Gasteiger partial charge in [0.1, 0.15) is 17.1 Å². The molecule has 2 aromatic heterocycles. The van der Waals surface area contributed by atoms with Crippen molar-refractivity contribution in [1.82, 2.24) is 15.1 Å². The molecule has 0 aliphatic heterocycles. The molecule has 2 heterocycles. The topological polar surface area (TPSA) is 80.3 Å². The number of nitrogens with zero attached hydrogens (tertiary/aromatic N) is 2. The Balaban J connectivity index is 2.15. The maximum atomic E-state index is 12.5. The zero-order valence-electron chi connectivity index (χ0n) is 14.6. The normalized spacial score (nSPS) is 13.9. The summed E-state index contributed by atoms with van der Waals surface area (Å²) in [6.45, 7) is 11.8. The van der Waals surface area contributed by atoms with Crippen molar-refractivity contribution in [2.75, 3.05) is 6.54 Å². The number of rotatable bonds is 5. The summed E-state index contributed by atoms with van der Waals surface area (Å²) in [5, 5.41) is 17.8. The lowest BCUT2D eigenvalue weighted by Crippen LogP contribution is -2.39. The van der Waals surface area contributed by atoms with Crippen molar-refractivity contribution < 1.29 is 14.3 Å². The standard InChI is InChI=1S/C17H25N3O3/c1-7-20-12(4)15(11(3)19-20)16(21)18-9-17(6,22)14-8-10(2)23-13(14)5/h8,22H,7,9H2,1-6H3,(H,18,21)/t17-/m0/s1. The van der Waals surface area contributed by atoms with Gasteiger partial charge in [0.25, 0.3) is 5.91 Å². The molecular formula is C17H25N3O3. The minimum absolute atomic E-state index is 0.0990. The molecule has 126 valence electrons. The molecule has 0 aromatic carbocycles. The molecule has 6 heteroatoms. The number of nitrogens with one attached hydrogen (secondary N) is 1. The Morgan fingerprint density at radius 3 is 2.52 bits per heavy atom. The Morgan fingerprint density at radius 1 is 1.39 bits per heavy atom. The van der Waals surface area contributed by atoms with Crippen LogP contribution < -0.4 is 5.32 Å². The van der Waals surface area contributed by atoms with E-state index in [9.17, 15) is 9.90 Å². The summed E-state index contributed by atoms with van der Waals surface area (Å²) < 4.78 is 7.26. The van der Waals surface area contributed by atoms with Gasteiger partial charge >= 0.3 is 0 Å². The second kappa shape index (κ2) is 6.20. The average Bonchev–Trinajstić information content (AvgIpc) is 2.95. The minimum Gasteiger partial charge on any atom is -0.466 e. The molecule has 2 rings (SSSR count). The van der Waals surface area contributed by atoms with Crippen LogP contribution in [0.2, 0.25) is 0 Å². The average molecular weight is 319 g/mol. The number of aryl methyl sites for hydroxylation is 4. The van der Waals surface area contributed by atoms with E-state index in [0.29, 0.717) is 29.1 Å².